The van der Waals surface area contributed by atoms with Crippen LogP contribution in [0.3, 0.4) is 0 Å². The first-order valence-electron chi connectivity index (χ1n) is 6.58. The van der Waals surface area contributed by atoms with Crippen molar-refractivity contribution in [3.63, 3.8) is 0 Å². The van der Waals surface area contributed by atoms with Crippen molar-refractivity contribution in [1.29, 1.82) is 0 Å². The van der Waals surface area contributed by atoms with Gasteiger partial charge < -0.3 is 4.74 Å². The Morgan fingerprint density at radius 1 is 1.45 bits per heavy atom. The SMILES string of the molecule is CC[C@H]1COCCN1S(=O)(=O)c1nc2ccccc2s1. The van der Waals surface area contributed by atoms with Gasteiger partial charge in [-0.2, -0.15) is 4.31 Å². The minimum Gasteiger partial charge on any atom is -0.378 e. The van der Waals surface area contributed by atoms with E-state index in [1.807, 2.05) is 31.2 Å². The van der Waals surface area contributed by atoms with Crippen LogP contribution < -0.4 is 0 Å². The number of benzene rings is 1. The fourth-order valence-corrected chi connectivity index (χ4v) is 5.35. The second kappa shape index (κ2) is 5.40. The average Bonchev–Trinajstić information content (AvgIpc) is 2.92. The molecule has 0 amide bonds. The molecule has 108 valence electrons. The summed E-state index contributed by atoms with van der Waals surface area (Å²) < 4.78 is 33.5. The van der Waals surface area contributed by atoms with E-state index in [1.54, 1.807) is 0 Å². The molecule has 20 heavy (non-hydrogen) atoms. The summed E-state index contributed by atoms with van der Waals surface area (Å²) in [6.45, 7) is 3.28. The highest BCUT2D eigenvalue weighted by Gasteiger charge is 2.35. The zero-order valence-corrected chi connectivity index (χ0v) is 12.8. The van der Waals surface area contributed by atoms with Crippen molar-refractivity contribution in [2.24, 2.45) is 0 Å². The van der Waals surface area contributed by atoms with Crippen molar-refractivity contribution in [3.8, 4) is 0 Å². The topological polar surface area (TPSA) is 59.5 Å². The quantitative estimate of drug-likeness (QED) is 0.871. The standard InChI is InChI=1S/C13H16N2O3S2/c1-2-10-9-18-8-7-15(10)20(16,17)13-14-11-5-3-4-6-12(11)19-13/h3-6,10H,2,7-9H2,1H3/t10-/m0/s1. The van der Waals surface area contributed by atoms with Gasteiger partial charge in [-0.1, -0.05) is 19.1 Å². The molecule has 0 bridgehead atoms. The summed E-state index contributed by atoms with van der Waals surface area (Å²) in [5.74, 6) is 0. The molecule has 1 aliphatic heterocycles. The molecule has 7 heteroatoms. The molecule has 5 nitrogen and oxygen atoms in total. The number of ether oxygens (including phenoxy) is 1. The molecule has 0 unspecified atom stereocenters. The lowest BCUT2D eigenvalue weighted by molar-refractivity contribution is 0.0314. The summed E-state index contributed by atoms with van der Waals surface area (Å²) in [6.07, 6.45) is 0.740. The van der Waals surface area contributed by atoms with Crippen molar-refractivity contribution in [2.75, 3.05) is 19.8 Å². The van der Waals surface area contributed by atoms with Crippen LogP contribution in [0.5, 0.6) is 0 Å². The van der Waals surface area contributed by atoms with E-state index in [9.17, 15) is 8.42 Å². The number of hydrogen-bond donors (Lipinski definition) is 0. The smallest absolute Gasteiger partial charge is 0.270 e. The minimum absolute atomic E-state index is 0.0965. The second-order valence-electron chi connectivity index (χ2n) is 4.70. The number of rotatable bonds is 3. The zero-order valence-electron chi connectivity index (χ0n) is 11.2. The third-order valence-corrected chi connectivity index (χ3v) is 6.79. The molecule has 1 aliphatic rings. The fourth-order valence-electron chi connectivity index (χ4n) is 2.34. The molecule has 1 saturated heterocycles. The Morgan fingerprint density at radius 2 is 2.25 bits per heavy atom. The first-order chi connectivity index (χ1) is 9.63. The van der Waals surface area contributed by atoms with E-state index in [2.05, 4.69) is 4.98 Å². The Hall–Kier alpha value is -1.02. The zero-order chi connectivity index (χ0) is 14.2. The first kappa shape index (κ1) is 13.9. The summed E-state index contributed by atoms with van der Waals surface area (Å²) in [7, 11) is -3.52. The number of hydrogen-bond acceptors (Lipinski definition) is 5. The van der Waals surface area contributed by atoms with Gasteiger partial charge >= 0.3 is 0 Å². The van der Waals surface area contributed by atoms with Crippen LogP contribution in [0.1, 0.15) is 13.3 Å². The van der Waals surface area contributed by atoms with Gasteiger partial charge in [-0.25, -0.2) is 13.4 Å². The number of aromatic nitrogens is 1. The van der Waals surface area contributed by atoms with Gasteiger partial charge in [0.05, 0.1) is 23.4 Å². The van der Waals surface area contributed by atoms with Crippen molar-refractivity contribution in [3.05, 3.63) is 24.3 Å². The molecular formula is C13H16N2O3S2. The average molecular weight is 312 g/mol. The van der Waals surface area contributed by atoms with Crippen LogP contribution in [-0.2, 0) is 14.8 Å². The normalized spacial score (nSPS) is 21.4. The van der Waals surface area contributed by atoms with Crippen LogP contribution >= 0.6 is 11.3 Å². The Balaban J connectivity index is 2.01. The lowest BCUT2D eigenvalue weighted by atomic mass is 10.2. The van der Waals surface area contributed by atoms with E-state index >= 15 is 0 Å². The molecule has 2 aromatic rings. The van der Waals surface area contributed by atoms with Gasteiger partial charge in [0.1, 0.15) is 0 Å². The Bertz CT molecular complexity index is 678. The Morgan fingerprint density at radius 3 is 3.00 bits per heavy atom. The first-order valence-corrected chi connectivity index (χ1v) is 8.83. The fraction of sp³-hybridized carbons (Fsp3) is 0.462. The summed E-state index contributed by atoms with van der Waals surface area (Å²) in [5, 5.41) is 0. The van der Waals surface area contributed by atoms with E-state index in [4.69, 9.17) is 4.74 Å². The number of nitrogens with zero attached hydrogens (tertiary/aromatic N) is 2. The molecule has 0 N–H and O–H groups in total. The lowest BCUT2D eigenvalue weighted by Gasteiger charge is -2.33. The van der Waals surface area contributed by atoms with Crippen LogP contribution in [0.4, 0.5) is 0 Å². The van der Waals surface area contributed by atoms with Gasteiger partial charge in [-0.05, 0) is 18.6 Å². The monoisotopic (exact) mass is 312 g/mol. The number of para-hydroxylation sites is 1. The van der Waals surface area contributed by atoms with Gasteiger partial charge in [0.25, 0.3) is 10.0 Å². The molecular weight excluding hydrogens is 296 g/mol. The Kier molecular flexibility index (Phi) is 3.76. The summed E-state index contributed by atoms with van der Waals surface area (Å²) in [5.41, 5.74) is 0.734. The maximum atomic E-state index is 12.7. The van der Waals surface area contributed by atoms with Crippen molar-refractivity contribution in [2.45, 2.75) is 23.7 Å². The number of fused-ring (bicyclic) bond motifs is 1. The third kappa shape index (κ3) is 2.35. The minimum atomic E-state index is -3.52. The van der Waals surface area contributed by atoms with E-state index in [0.717, 1.165) is 16.6 Å². The second-order valence-corrected chi connectivity index (χ2v) is 7.80. The van der Waals surface area contributed by atoms with E-state index < -0.39 is 10.0 Å². The highest BCUT2D eigenvalue weighted by Crippen LogP contribution is 2.29. The van der Waals surface area contributed by atoms with Crippen LogP contribution in [0.25, 0.3) is 10.2 Å². The van der Waals surface area contributed by atoms with Gasteiger partial charge in [-0.15, -0.1) is 11.3 Å². The van der Waals surface area contributed by atoms with Gasteiger partial charge in [0.2, 0.25) is 4.34 Å². The number of sulfonamides is 1. The molecule has 1 aromatic heterocycles. The van der Waals surface area contributed by atoms with E-state index in [-0.39, 0.29) is 10.4 Å². The van der Waals surface area contributed by atoms with Crippen molar-refractivity contribution >= 4 is 31.6 Å². The van der Waals surface area contributed by atoms with Crippen LogP contribution in [-0.4, -0.2) is 43.5 Å². The van der Waals surface area contributed by atoms with Crippen LogP contribution in [0.2, 0.25) is 0 Å². The Labute approximate surface area is 122 Å². The molecule has 0 spiro atoms. The number of morpholine rings is 1. The largest absolute Gasteiger partial charge is 0.378 e. The predicted octanol–water partition coefficient (Wildman–Crippen LogP) is 2.10. The molecule has 0 saturated carbocycles. The van der Waals surface area contributed by atoms with Crippen LogP contribution in [0.15, 0.2) is 28.6 Å². The van der Waals surface area contributed by atoms with E-state index in [0.29, 0.717) is 19.8 Å². The summed E-state index contributed by atoms with van der Waals surface area (Å²) in [4.78, 5) is 4.28. The highest BCUT2D eigenvalue weighted by molar-refractivity contribution is 7.91. The molecule has 1 atom stereocenters. The third-order valence-electron chi connectivity index (χ3n) is 3.45. The number of thiazole rings is 1. The maximum Gasteiger partial charge on any atom is 0.270 e. The maximum absolute atomic E-state index is 12.7. The van der Waals surface area contributed by atoms with Crippen LogP contribution in [0, 0.1) is 0 Å². The van der Waals surface area contributed by atoms with Gasteiger partial charge in [-0.3, -0.25) is 0 Å². The summed E-state index contributed by atoms with van der Waals surface area (Å²) >= 11 is 1.23. The predicted molar refractivity (Wildman–Crippen MR) is 78.4 cm³/mol. The highest BCUT2D eigenvalue weighted by atomic mass is 32.2. The summed E-state index contributed by atoms with van der Waals surface area (Å²) in [6, 6.07) is 7.38. The van der Waals surface area contributed by atoms with Crippen molar-refractivity contribution in [1.82, 2.24) is 9.29 Å². The lowest BCUT2D eigenvalue weighted by Crippen LogP contribution is -2.48. The molecule has 1 fully saturated rings. The molecule has 0 radical (unpaired) electrons. The van der Waals surface area contributed by atoms with Gasteiger partial charge in [0.15, 0.2) is 0 Å². The molecule has 0 aliphatic carbocycles. The molecule has 3 rings (SSSR count). The molecule has 1 aromatic carbocycles. The van der Waals surface area contributed by atoms with Gasteiger partial charge in [0, 0.05) is 12.6 Å². The van der Waals surface area contributed by atoms with Crippen molar-refractivity contribution < 1.29 is 13.2 Å². The van der Waals surface area contributed by atoms with E-state index in [1.165, 1.54) is 15.6 Å². The molecule has 2 heterocycles.